The summed E-state index contributed by atoms with van der Waals surface area (Å²) in [6.45, 7) is 8.60. The minimum atomic E-state index is -0.0237. The summed E-state index contributed by atoms with van der Waals surface area (Å²) in [5.41, 5.74) is 0. The molecule has 2 amide bonds. The van der Waals surface area contributed by atoms with Crippen LogP contribution in [0.5, 0.6) is 0 Å². The van der Waals surface area contributed by atoms with E-state index in [1.807, 2.05) is 4.90 Å². The predicted octanol–water partition coefficient (Wildman–Crippen LogP) is 1.16. The molecule has 0 saturated carbocycles. The number of rotatable bonds is 8. The van der Waals surface area contributed by atoms with Gasteiger partial charge in [0.15, 0.2) is 0 Å². The minimum absolute atomic E-state index is 0.0237. The zero-order valence-corrected chi connectivity index (χ0v) is 15.2. The molecule has 2 aliphatic rings. The molecule has 2 heterocycles. The second kappa shape index (κ2) is 9.99. The average Bonchev–Trinajstić information content (AvgIpc) is 3.11. The first-order chi connectivity index (χ1) is 11.6. The van der Waals surface area contributed by atoms with E-state index in [4.69, 9.17) is 4.74 Å². The zero-order chi connectivity index (χ0) is 17.4. The van der Waals surface area contributed by atoms with Crippen molar-refractivity contribution in [2.75, 3.05) is 39.4 Å². The molecular formula is C18H33N3O3. The van der Waals surface area contributed by atoms with Gasteiger partial charge in [-0.2, -0.15) is 0 Å². The molecule has 0 aromatic carbocycles. The van der Waals surface area contributed by atoms with Crippen molar-refractivity contribution in [1.29, 1.82) is 0 Å². The number of hydrogen-bond acceptors (Lipinski definition) is 4. The van der Waals surface area contributed by atoms with Crippen LogP contribution in [0.2, 0.25) is 0 Å². The Hall–Kier alpha value is -1.14. The minimum Gasteiger partial charge on any atom is -0.381 e. The van der Waals surface area contributed by atoms with E-state index >= 15 is 0 Å². The third kappa shape index (κ3) is 6.40. The first-order valence-corrected chi connectivity index (χ1v) is 9.43. The summed E-state index contributed by atoms with van der Waals surface area (Å²) in [5, 5.41) is 6.27. The second-order valence-corrected chi connectivity index (χ2v) is 7.46. The molecule has 138 valence electrons. The first-order valence-electron chi connectivity index (χ1n) is 9.43. The lowest BCUT2D eigenvalue weighted by Gasteiger charge is -2.33. The monoisotopic (exact) mass is 339 g/mol. The largest absolute Gasteiger partial charge is 0.381 e. The topological polar surface area (TPSA) is 70.7 Å². The molecule has 24 heavy (non-hydrogen) atoms. The molecule has 2 fully saturated rings. The summed E-state index contributed by atoms with van der Waals surface area (Å²) < 4.78 is 5.51. The van der Waals surface area contributed by atoms with Gasteiger partial charge in [0, 0.05) is 26.2 Å². The summed E-state index contributed by atoms with van der Waals surface area (Å²) in [6, 6.07) is -0.0237. The van der Waals surface area contributed by atoms with Crippen LogP contribution in [0.25, 0.3) is 0 Å². The van der Waals surface area contributed by atoms with Gasteiger partial charge in [0.1, 0.15) is 0 Å². The fourth-order valence-corrected chi connectivity index (χ4v) is 3.37. The lowest BCUT2D eigenvalue weighted by atomic mass is 9.97. The van der Waals surface area contributed by atoms with Crippen LogP contribution in [-0.2, 0) is 14.3 Å². The normalized spacial score (nSPS) is 24.4. The fourth-order valence-electron chi connectivity index (χ4n) is 3.37. The number of carbonyl (C=O) groups excluding carboxylic acids is 2. The van der Waals surface area contributed by atoms with Gasteiger partial charge >= 0.3 is 0 Å². The molecule has 6 heteroatoms. The van der Waals surface area contributed by atoms with Crippen LogP contribution in [0.1, 0.15) is 46.0 Å². The number of nitrogens with zero attached hydrogens (tertiary/aromatic N) is 1. The SMILES string of the molecule is CC(C)COCCC(=O)N1CCCC(CNC(=O)C2CCCN2)C1. The highest BCUT2D eigenvalue weighted by molar-refractivity contribution is 5.82. The molecule has 6 nitrogen and oxygen atoms in total. The first kappa shape index (κ1) is 19.2. The van der Waals surface area contributed by atoms with Gasteiger partial charge in [-0.05, 0) is 44.1 Å². The maximum Gasteiger partial charge on any atom is 0.237 e. The quantitative estimate of drug-likeness (QED) is 0.651. The fraction of sp³-hybridized carbons (Fsp3) is 0.889. The van der Waals surface area contributed by atoms with E-state index in [-0.39, 0.29) is 17.9 Å². The molecule has 0 aliphatic carbocycles. The Labute approximate surface area is 145 Å². The Morgan fingerprint density at radius 3 is 2.83 bits per heavy atom. The Morgan fingerprint density at radius 1 is 1.29 bits per heavy atom. The Morgan fingerprint density at radius 2 is 2.12 bits per heavy atom. The molecule has 0 spiro atoms. The molecule has 2 atom stereocenters. The van der Waals surface area contributed by atoms with Gasteiger partial charge < -0.3 is 20.3 Å². The van der Waals surface area contributed by atoms with Crippen LogP contribution in [-0.4, -0.2) is 62.1 Å². The van der Waals surface area contributed by atoms with Gasteiger partial charge in [0.05, 0.1) is 19.1 Å². The summed E-state index contributed by atoms with van der Waals surface area (Å²) in [7, 11) is 0. The number of nitrogens with one attached hydrogen (secondary N) is 2. The molecule has 2 aliphatic heterocycles. The lowest BCUT2D eigenvalue weighted by molar-refractivity contribution is -0.134. The smallest absolute Gasteiger partial charge is 0.237 e. The van der Waals surface area contributed by atoms with Crippen molar-refractivity contribution < 1.29 is 14.3 Å². The second-order valence-electron chi connectivity index (χ2n) is 7.46. The van der Waals surface area contributed by atoms with E-state index in [2.05, 4.69) is 24.5 Å². The number of likely N-dealkylation sites (tertiary alicyclic amines) is 1. The van der Waals surface area contributed by atoms with E-state index in [1.54, 1.807) is 0 Å². The van der Waals surface area contributed by atoms with Gasteiger partial charge in [-0.1, -0.05) is 13.8 Å². The number of amides is 2. The molecule has 0 aromatic heterocycles. The van der Waals surface area contributed by atoms with Crippen LogP contribution >= 0.6 is 0 Å². The Kier molecular flexibility index (Phi) is 7.99. The molecule has 0 bridgehead atoms. The summed E-state index contributed by atoms with van der Waals surface area (Å²) in [6.07, 6.45) is 4.55. The van der Waals surface area contributed by atoms with Crippen molar-refractivity contribution in [2.24, 2.45) is 11.8 Å². The molecule has 2 unspecified atom stereocenters. The maximum atomic E-state index is 12.3. The molecule has 2 N–H and O–H groups in total. The van der Waals surface area contributed by atoms with Gasteiger partial charge in [0.25, 0.3) is 0 Å². The molecule has 2 rings (SSSR count). The molecule has 2 saturated heterocycles. The Bertz CT molecular complexity index is 408. The van der Waals surface area contributed by atoms with Crippen LogP contribution in [0.15, 0.2) is 0 Å². The van der Waals surface area contributed by atoms with Gasteiger partial charge in [0.2, 0.25) is 11.8 Å². The van der Waals surface area contributed by atoms with E-state index < -0.39 is 0 Å². The highest BCUT2D eigenvalue weighted by Crippen LogP contribution is 2.17. The standard InChI is InChI=1S/C18H33N3O3/c1-14(2)13-24-10-7-17(22)21-9-4-5-15(12-21)11-20-18(23)16-6-3-8-19-16/h14-16,19H,3-13H2,1-2H3,(H,20,23). The van der Waals surface area contributed by atoms with Gasteiger partial charge in [-0.25, -0.2) is 0 Å². The summed E-state index contributed by atoms with van der Waals surface area (Å²) >= 11 is 0. The predicted molar refractivity (Wildman–Crippen MR) is 93.6 cm³/mol. The van der Waals surface area contributed by atoms with E-state index in [0.717, 1.165) is 45.3 Å². The van der Waals surface area contributed by atoms with Crippen molar-refractivity contribution in [2.45, 2.75) is 52.0 Å². The third-order valence-corrected chi connectivity index (χ3v) is 4.72. The molecular weight excluding hydrogens is 306 g/mol. The van der Waals surface area contributed by atoms with Crippen LogP contribution < -0.4 is 10.6 Å². The van der Waals surface area contributed by atoms with Crippen LogP contribution in [0, 0.1) is 11.8 Å². The highest BCUT2D eigenvalue weighted by Gasteiger charge is 2.26. The number of piperidine rings is 1. The van der Waals surface area contributed by atoms with Crippen molar-refractivity contribution >= 4 is 11.8 Å². The van der Waals surface area contributed by atoms with E-state index in [9.17, 15) is 9.59 Å². The van der Waals surface area contributed by atoms with Gasteiger partial charge in [-0.3, -0.25) is 9.59 Å². The number of ether oxygens (including phenoxy) is 1. The van der Waals surface area contributed by atoms with E-state index in [1.165, 1.54) is 0 Å². The van der Waals surface area contributed by atoms with Crippen LogP contribution in [0.4, 0.5) is 0 Å². The summed E-state index contributed by atoms with van der Waals surface area (Å²) in [5.74, 6) is 1.15. The van der Waals surface area contributed by atoms with Gasteiger partial charge in [-0.15, -0.1) is 0 Å². The molecule has 0 aromatic rings. The zero-order valence-electron chi connectivity index (χ0n) is 15.2. The Balaban J connectivity index is 1.65. The number of carbonyl (C=O) groups is 2. The number of hydrogen-bond donors (Lipinski definition) is 2. The highest BCUT2D eigenvalue weighted by atomic mass is 16.5. The summed E-state index contributed by atoms with van der Waals surface area (Å²) in [4.78, 5) is 26.3. The third-order valence-electron chi connectivity index (χ3n) is 4.72. The average molecular weight is 339 g/mol. The van der Waals surface area contributed by atoms with Crippen molar-refractivity contribution in [3.8, 4) is 0 Å². The maximum absolute atomic E-state index is 12.3. The molecule has 0 radical (unpaired) electrons. The lowest BCUT2D eigenvalue weighted by Crippen LogP contribution is -2.46. The van der Waals surface area contributed by atoms with Crippen molar-refractivity contribution in [1.82, 2.24) is 15.5 Å². The van der Waals surface area contributed by atoms with Crippen molar-refractivity contribution in [3.63, 3.8) is 0 Å². The van der Waals surface area contributed by atoms with Crippen molar-refractivity contribution in [3.05, 3.63) is 0 Å². The van der Waals surface area contributed by atoms with E-state index in [0.29, 0.717) is 38.0 Å². The van der Waals surface area contributed by atoms with Crippen LogP contribution in [0.3, 0.4) is 0 Å².